The van der Waals surface area contributed by atoms with E-state index in [0.29, 0.717) is 0 Å². The molecule has 0 fully saturated rings. The predicted octanol–water partition coefficient (Wildman–Crippen LogP) is 4.96. The molecule has 14 heteroatoms. The van der Waals surface area contributed by atoms with Crippen molar-refractivity contribution in [1.82, 2.24) is 0 Å². The highest BCUT2D eigenvalue weighted by Gasteiger charge is 2.85. The van der Waals surface area contributed by atoms with Crippen LogP contribution in [0.3, 0.4) is 0 Å². The summed E-state index contributed by atoms with van der Waals surface area (Å²) in [5.41, 5.74) is -5.79. The highest BCUT2D eigenvalue weighted by molar-refractivity contribution is 6.56. The van der Waals surface area contributed by atoms with Crippen molar-refractivity contribution in [2.75, 3.05) is 0 Å². The Balaban J connectivity index is 3.24. The summed E-state index contributed by atoms with van der Waals surface area (Å²) in [6.07, 6.45) is -11.2. The van der Waals surface area contributed by atoms with Crippen LogP contribution >= 0.6 is 0 Å². The van der Waals surface area contributed by atoms with Gasteiger partial charge in [0.25, 0.3) is 5.55 Å². The van der Waals surface area contributed by atoms with Crippen LogP contribution < -0.4 is 5.19 Å². The molecule has 0 unspecified atom stereocenters. The summed E-state index contributed by atoms with van der Waals surface area (Å²) in [4.78, 5) is 0. The number of benzene rings is 1. The topological polar surface area (TPSA) is 0 Å². The first kappa shape index (κ1) is 24.6. The first-order valence-corrected chi connectivity index (χ1v) is 8.70. The Morgan fingerprint density at radius 1 is 0.571 bits per heavy atom. The summed E-state index contributed by atoms with van der Waals surface area (Å²) in [6.45, 7) is 0. The third-order valence-corrected chi connectivity index (χ3v) is 5.47. The molecule has 0 amide bonds. The van der Waals surface area contributed by atoms with Gasteiger partial charge in [-0.2, -0.15) is 48.3 Å². The number of rotatable bonds is 8. The Morgan fingerprint density at radius 3 is 1.46 bits per heavy atom. The lowest BCUT2D eigenvalue weighted by molar-refractivity contribution is -0.392. The molecule has 0 aliphatic heterocycles. The fourth-order valence-electron chi connectivity index (χ4n) is 2.08. The molecule has 0 bridgehead atoms. The molecule has 1 aromatic rings. The second-order valence-corrected chi connectivity index (χ2v) is 7.97. The molecular formula is C14H11F13Si. The molecule has 0 saturated carbocycles. The van der Waals surface area contributed by atoms with Crippen molar-refractivity contribution in [3.8, 4) is 0 Å². The summed E-state index contributed by atoms with van der Waals surface area (Å²) >= 11 is 0. The van der Waals surface area contributed by atoms with E-state index in [4.69, 9.17) is 0 Å². The van der Waals surface area contributed by atoms with Gasteiger partial charge < -0.3 is 0 Å². The fourth-order valence-corrected chi connectivity index (χ4v) is 3.54. The van der Waals surface area contributed by atoms with Crippen LogP contribution in [0.4, 0.5) is 57.1 Å². The van der Waals surface area contributed by atoms with Crippen molar-refractivity contribution < 1.29 is 57.1 Å². The molecule has 0 spiro atoms. The smallest absolute Gasteiger partial charge is 0.205 e. The van der Waals surface area contributed by atoms with Crippen molar-refractivity contribution in [1.29, 1.82) is 0 Å². The highest BCUT2D eigenvalue weighted by atomic mass is 28.2. The van der Waals surface area contributed by atoms with E-state index in [2.05, 4.69) is 0 Å². The van der Waals surface area contributed by atoms with Crippen LogP contribution in [0.2, 0.25) is 0 Å². The van der Waals surface area contributed by atoms with Crippen molar-refractivity contribution in [2.45, 2.75) is 48.3 Å². The minimum Gasteiger partial charge on any atom is -0.205 e. The average Bonchev–Trinajstić information content (AvgIpc) is 2.52. The molecule has 1 rings (SSSR count). The number of hydrogen-bond donors (Lipinski definition) is 0. The molecule has 0 heterocycles. The third kappa shape index (κ3) is 4.57. The summed E-state index contributed by atoms with van der Waals surface area (Å²) in [7, 11) is -3.72. The van der Waals surface area contributed by atoms with E-state index in [-0.39, 0.29) is 0 Å². The summed E-state index contributed by atoms with van der Waals surface area (Å²) in [5.74, 6) is -27.8. The van der Waals surface area contributed by atoms with Gasteiger partial charge in [-0.25, -0.2) is 8.78 Å². The van der Waals surface area contributed by atoms with Crippen LogP contribution in [0.25, 0.3) is 0 Å². The lowest BCUT2D eigenvalue weighted by Gasteiger charge is -2.39. The van der Waals surface area contributed by atoms with E-state index in [9.17, 15) is 57.1 Å². The lowest BCUT2D eigenvalue weighted by atomic mass is 9.95. The zero-order valence-electron chi connectivity index (χ0n) is 13.4. The largest absolute Gasteiger partial charge is 0.389 e. The minimum absolute atomic E-state index is 0.560. The molecule has 0 aliphatic carbocycles. The Bertz CT molecular complexity index is 651. The predicted molar refractivity (Wildman–Crippen MR) is 74.6 cm³/mol. The fraction of sp³-hybridized carbons (Fsp3) is 0.571. The van der Waals surface area contributed by atoms with E-state index in [1.165, 1.54) is 6.07 Å². The maximum absolute atomic E-state index is 13.7. The van der Waals surface area contributed by atoms with Crippen LogP contribution in [0.15, 0.2) is 30.3 Å². The van der Waals surface area contributed by atoms with Gasteiger partial charge in [0, 0.05) is 12.8 Å². The van der Waals surface area contributed by atoms with Gasteiger partial charge in [-0.3, -0.25) is 0 Å². The van der Waals surface area contributed by atoms with Gasteiger partial charge in [-0.05, 0) is 0 Å². The molecule has 0 saturated heterocycles. The van der Waals surface area contributed by atoms with Gasteiger partial charge in [0.05, 0.1) is 0 Å². The molecule has 0 aliphatic rings. The Morgan fingerprint density at radius 2 is 1.04 bits per heavy atom. The maximum Gasteiger partial charge on any atom is 0.389 e. The molecule has 0 radical (unpaired) electrons. The van der Waals surface area contributed by atoms with Gasteiger partial charge in [0.15, 0.2) is 0 Å². The first-order chi connectivity index (χ1) is 12.3. The van der Waals surface area contributed by atoms with Crippen LogP contribution in [-0.4, -0.2) is 44.9 Å². The Kier molecular flexibility index (Phi) is 6.50. The molecule has 162 valence electrons. The Labute approximate surface area is 151 Å². The normalized spacial score (nSPS) is 15.5. The van der Waals surface area contributed by atoms with Crippen LogP contribution in [0.5, 0.6) is 0 Å². The number of hydrogen-bond acceptors (Lipinski definition) is 0. The van der Waals surface area contributed by atoms with Crippen molar-refractivity contribution in [3.63, 3.8) is 0 Å². The number of alkyl halides is 13. The molecule has 0 atom stereocenters. The Hall–Kier alpha value is -1.47. The van der Waals surface area contributed by atoms with E-state index in [1.807, 2.05) is 0 Å². The maximum atomic E-state index is 13.7. The molecule has 1 aromatic carbocycles. The number of halogens is 13. The zero-order chi connectivity index (χ0) is 22.2. The van der Waals surface area contributed by atoms with Gasteiger partial charge in [0.2, 0.25) is 0 Å². The van der Waals surface area contributed by atoms with Crippen LogP contribution in [0, 0.1) is 0 Å². The summed E-state index contributed by atoms with van der Waals surface area (Å²) < 4.78 is 171. The van der Waals surface area contributed by atoms with Gasteiger partial charge in [-0.15, -0.1) is 0 Å². The molecule has 28 heavy (non-hydrogen) atoms. The van der Waals surface area contributed by atoms with E-state index in [1.54, 1.807) is 0 Å². The van der Waals surface area contributed by atoms with E-state index < -0.39 is 63.0 Å². The van der Waals surface area contributed by atoms with Crippen molar-refractivity contribution >= 4 is 14.7 Å². The van der Waals surface area contributed by atoms with Gasteiger partial charge >= 0.3 is 29.9 Å². The van der Waals surface area contributed by atoms with Crippen molar-refractivity contribution in [3.05, 3.63) is 30.3 Å². The highest BCUT2D eigenvalue weighted by Crippen LogP contribution is 2.57. The summed E-state index contributed by atoms with van der Waals surface area (Å²) in [5, 5.41) is -0.560. The minimum atomic E-state index is -7.33. The molecule has 0 N–H and O–H groups in total. The third-order valence-electron chi connectivity index (χ3n) is 3.70. The average molecular weight is 454 g/mol. The zero-order valence-corrected chi connectivity index (χ0v) is 14.8. The molecule has 0 nitrogen and oxygen atoms in total. The van der Waals surface area contributed by atoms with E-state index >= 15 is 0 Å². The standard InChI is InChI=1S/C14H11F13Si/c15-9(16,6-7-10(17,18)19)11(20,21)12(22,23)13(24,25)14(26,27)28-8-4-2-1-3-5-8/h1-5H,6-7,28H2. The van der Waals surface area contributed by atoms with Crippen LogP contribution in [-0.2, 0) is 0 Å². The van der Waals surface area contributed by atoms with E-state index in [0.717, 1.165) is 24.3 Å². The quantitative estimate of drug-likeness (QED) is 0.385. The monoisotopic (exact) mass is 454 g/mol. The summed E-state index contributed by atoms with van der Waals surface area (Å²) in [6, 6.07) is 5.02. The molecular weight excluding hydrogens is 443 g/mol. The van der Waals surface area contributed by atoms with Crippen molar-refractivity contribution in [2.24, 2.45) is 0 Å². The van der Waals surface area contributed by atoms with Crippen LogP contribution in [0.1, 0.15) is 12.8 Å². The second kappa shape index (κ2) is 7.41. The van der Waals surface area contributed by atoms with Gasteiger partial charge in [-0.1, -0.05) is 35.5 Å². The SMILES string of the molecule is FC(F)(F)CCC(F)(F)C(F)(F)C(F)(F)C(F)(F)C(F)(F)[SiH2]c1ccccc1. The van der Waals surface area contributed by atoms with Gasteiger partial charge in [0.1, 0.15) is 9.52 Å². The second-order valence-electron chi connectivity index (χ2n) is 5.91. The molecule has 0 aromatic heterocycles. The lowest BCUT2D eigenvalue weighted by Crippen LogP contribution is -2.69. The first-order valence-electron chi connectivity index (χ1n) is 7.28.